The molecule has 2 heterocycles. The van der Waals surface area contributed by atoms with Gasteiger partial charge in [0.05, 0.1) is 0 Å². The second kappa shape index (κ2) is 3.79. The first kappa shape index (κ1) is 8.62. The van der Waals surface area contributed by atoms with Crippen molar-refractivity contribution in [2.24, 2.45) is 0 Å². The third-order valence-electron chi connectivity index (χ3n) is 2.06. The summed E-state index contributed by atoms with van der Waals surface area (Å²) in [4.78, 5) is 3.22. The van der Waals surface area contributed by atoms with Crippen LogP contribution in [0.2, 0.25) is 0 Å². The molecule has 1 aliphatic rings. The van der Waals surface area contributed by atoms with Crippen molar-refractivity contribution in [3.63, 3.8) is 0 Å². The zero-order chi connectivity index (χ0) is 6.81. The molecule has 2 rings (SSSR count). The number of halogens is 1. The highest BCUT2D eigenvalue weighted by Crippen LogP contribution is 2.20. The standard InChI is InChI=1S/C8H12N2.ClH/c1-3-7(9-5-1)8-4-2-6-10-8;/h1,3,5,8-10H,2,4,6H2;1H/t8-;/m1./s1. The van der Waals surface area contributed by atoms with Crippen LogP contribution >= 0.6 is 12.4 Å². The zero-order valence-corrected chi connectivity index (χ0v) is 7.16. The van der Waals surface area contributed by atoms with Crippen LogP contribution in [0.4, 0.5) is 0 Å². The Morgan fingerprint density at radius 2 is 2.36 bits per heavy atom. The van der Waals surface area contributed by atoms with Gasteiger partial charge in [0.25, 0.3) is 0 Å². The van der Waals surface area contributed by atoms with Gasteiger partial charge in [0.1, 0.15) is 0 Å². The zero-order valence-electron chi connectivity index (χ0n) is 6.34. The van der Waals surface area contributed by atoms with Crippen LogP contribution in [-0.4, -0.2) is 11.5 Å². The second-order valence-corrected chi connectivity index (χ2v) is 2.77. The highest BCUT2D eigenvalue weighted by Gasteiger charge is 2.15. The van der Waals surface area contributed by atoms with E-state index in [1.807, 2.05) is 6.20 Å². The van der Waals surface area contributed by atoms with Crippen LogP contribution in [-0.2, 0) is 0 Å². The van der Waals surface area contributed by atoms with Gasteiger partial charge in [-0.2, -0.15) is 0 Å². The van der Waals surface area contributed by atoms with Crippen molar-refractivity contribution in [1.29, 1.82) is 0 Å². The summed E-state index contributed by atoms with van der Waals surface area (Å²) in [5.74, 6) is 0. The number of hydrogen-bond acceptors (Lipinski definition) is 1. The summed E-state index contributed by atoms with van der Waals surface area (Å²) >= 11 is 0. The van der Waals surface area contributed by atoms with Gasteiger partial charge in [-0.05, 0) is 31.5 Å². The molecule has 0 spiro atoms. The molecule has 1 fully saturated rings. The molecule has 1 saturated heterocycles. The maximum atomic E-state index is 3.43. The SMILES string of the molecule is Cl.c1c[nH]c([C@H]2CCCN2)c1. The van der Waals surface area contributed by atoms with Crippen molar-refractivity contribution < 1.29 is 0 Å². The van der Waals surface area contributed by atoms with E-state index in [0.717, 1.165) is 0 Å². The fourth-order valence-corrected chi connectivity index (χ4v) is 1.51. The highest BCUT2D eigenvalue weighted by molar-refractivity contribution is 5.85. The Morgan fingerprint density at radius 1 is 1.45 bits per heavy atom. The Bertz CT molecular complexity index is 190. The lowest BCUT2D eigenvalue weighted by atomic mass is 10.2. The molecule has 1 aromatic rings. The fraction of sp³-hybridized carbons (Fsp3) is 0.500. The van der Waals surface area contributed by atoms with Crippen LogP contribution in [0.25, 0.3) is 0 Å². The van der Waals surface area contributed by atoms with E-state index in [1.54, 1.807) is 0 Å². The molecular weight excluding hydrogens is 160 g/mol. The van der Waals surface area contributed by atoms with E-state index in [1.165, 1.54) is 25.1 Å². The third kappa shape index (κ3) is 1.76. The van der Waals surface area contributed by atoms with Crippen LogP contribution in [0.15, 0.2) is 18.3 Å². The first-order valence-electron chi connectivity index (χ1n) is 3.83. The summed E-state index contributed by atoms with van der Waals surface area (Å²) in [5.41, 5.74) is 1.33. The summed E-state index contributed by atoms with van der Waals surface area (Å²) in [6.45, 7) is 1.17. The topological polar surface area (TPSA) is 27.8 Å². The quantitative estimate of drug-likeness (QED) is 0.665. The maximum Gasteiger partial charge on any atom is 0.0473 e. The second-order valence-electron chi connectivity index (χ2n) is 2.77. The number of H-pyrrole nitrogens is 1. The summed E-state index contributed by atoms with van der Waals surface area (Å²) in [5, 5.41) is 3.43. The lowest BCUT2D eigenvalue weighted by Gasteiger charge is -2.05. The molecule has 0 saturated carbocycles. The molecule has 2 nitrogen and oxygen atoms in total. The Balaban J connectivity index is 0.000000605. The minimum absolute atomic E-state index is 0. The minimum Gasteiger partial charge on any atom is -0.364 e. The summed E-state index contributed by atoms with van der Waals surface area (Å²) in [6, 6.07) is 4.79. The van der Waals surface area contributed by atoms with E-state index >= 15 is 0 Å². The fourth-order valence-electron chi connectivity index (χ4n) is 1.51. The van der Waals surface area contributed by atoms with E-state index in [4.69, 9.17) is 0 Å². The predicted molar refractivity (Wildman–Crippen MR) is 48.0 cm³/mol. The van der Waals surface area contributed by atoms with E-state index < -0.39 is 0 Å². The molecule has 0 aliphatic carbocycles. The van der Waals surface area contributed by atoms with Crippen molar-refractivity contribution in [1.82, 2.24) is 10.3 Å². The first-order chi connectivity index (χ1) is 4.97. The average Bonchev–Trinajstić information content (AvgIpc) is 2.59. The number of hydrogen-bond donors (Lipinski definition) is 2. The third-order valence-corrected chi connectivity index (χ3v) is 2.06. The van der Waals surface area contributed by atoms with Gasteiger partial charge >= 0.3 is 0 Å². The molecule has 62 valence electrons. The van der Waals surface area contributed by atoms with Gasteiger partial charge in [0, 0.05) is 17.9 Å². The van der Waals surface area contributed by atoms with Crippen LogP contribution in [0, 0.1) is 0 Å². The van der Waals surface area contributed by atoms with E-state index in [-0.39, 0.29) is 12.4 Å². The summed E-state index contributed by atoms with van der Waals surface area (Å²) < 4.78 is 0. The monoisotopic (exact) mass is 172 g/mol. The number of rotatable bonds is 1. The number of aromatic amines is 1. The van der Waals surface area contributed by atoms with Gasteiger partial charge in [-0.15, -0.1) is 12.4 Å². The lowest BCUT2D eigenvalue weighted by Crippen LogP contribution is -2.12. The van der Waals surface area contributed by atoms with Gasteiger partial charge in [-0.3, -0.25) is 0 Å². The van der Waals surface area contributed by atoms with Crippen LogP contribution in [0.5, 0.6) is 0 Å². The Labute approximate surface area is 72.8 Å². The molecule has 0 amide bonds. The van der Waals surface area contributed by atoms with Crippen LogP contribution < -0.4 is 5.32 Å². The smallest absolute Gasteiger partial charge is 0.0473 e. The average molecular weight is 173 g/mol. The van der Waals surface area contributed by atoms with Crippen LogP contribution in [0.3, 0.4) is 0 Å². The van der Waals surface area contributed by atoms with E-state index in [0.29, 0.717) is 6.04 Å². The van der Waals surface area contributed by atoms with Crippen molar-refractivity contribution in [2.45, 2.75) is 18.9 Å². The molecule has 11 heavy (non-hydrogen) atoms. The van der Waals surface area contributed by atoms with Gasteiger partial charge in [0.15, 0.2) is 0 Å². The van der Waals surface area contributed by atoms with Gasteiger partial charge in [-0.1, -0.05) is 0 Å². The van der Waals surface area contributed by atoms with Crippen molar-refractivity contribution in [3.8, 4) is 0 Å². The van der Waals surface area contributed by atoms with Gasteiger partial charge in [0.2, 0.25) is 0 Å². The van der Waals surface area contributed by atoms with E-state index in [9.17, 15) is 0 Å². The number of aromatic nitrogens is 1. The molecule has 1 aromatic heterocycles. The van der Waals surface area contributed by atoms with Crippen molar-refractivity contribution in [3.05, 3.63) is 24.0 Å². The molecule has 2 N–H and O–H groups in total. The Morgan fingerprint density at radius 3 is 2.91 bits per heavy atom. The normalized spacial score (nSPS) is 23.1. The van der Waals surface area contributed by atoms with Crippen molar-refractivity contribution >= 4 is 12.4 Å². The lowest BCUT2D eigenvalue weighted by molar-refractivity contribution is 0.632. The Kier molecular flexibility index (Phi) is 2.97. The maximum absolute atomic E-state index is 3.43. The largest absolute Gasteiger partial charge is 0.364 e. The number of nitrogens with one attached hydrogen (secondary N) is 2. The molecule has 3 heteroatoms. The molecule has 0 bridgehead atoms. The molecule has 1 atom stereocenters. The summed E-state index contributed by atoms with van der Waals surface area (Å²) in [6.07, 6.45) is 4.57. The van der Waals surface area contributed by atoms with Crippen molar-refractivity contribution in [2.75, 3.05) is 6.54 Å². The molecule has 0 unspecified atom stereocenters. The predicted octanol–water partition coefficient (Wildman–Crippen LogP) is 1.86. The summed E-state index contributed by atoms with van der Waals surface area (Å²) in [7, 11) is 0. The minimum atomic E-state index is 0. The highest BCUT2D eigenvalue weighted by atomic mass is 35.5. The van der Waals surface area contributed by atoms with Crippen LogP contribution in [0.1, 0.15) is 24.6 Å². The van der Waals surface area contributed by atoms with Gasteiger partial charge < -0.3 is 10.3 Å². The van der Waals surface area contributed by atoms with Gasteiger partial charge in [-0.25, -0.2) is 0 Å². The Hall–Kier alpha value is -0.470. The molecule has 0 aromatic carbocycles. The van der Waals surface area contributed by atoms with E-state index in [2.05, 4.69) is 22.4 Å². The molecule has 0 radical (unpaired) electrons. The molecule has 1 aliphatic heterocycles. The molecular formula is C8H13ClN2. The first-order valence-corrected chi connectivity index (χ1v) is 3.83.